The van der Waals surface area contributed by atoms with Crippen LogP contribution in [0.4, 0.5) is 0 Å². The van der Waals surface area contributed by atoms with Crippen LogP contribution in [0.3, 0.4) is 0 Å². The van der Waals surface area contributed by atoms with Crippen molar-refractivity contribution in [1.82, 2.24) is 5.32 Å². The maximum Gasteiger partial charge on any atom is 0.126 e. The van der Waals surface area contributed by atoms with Crippen LogP contribution in [0.5, 0.6) is 5.75 Å². The fourth-order valence-electron chi connectivity index (χ4n) is 3.47. The molecule has 0 unspecified atom stereocenters. The standard InChI is InChI=1S/C16H15ClN2O.C9H20.2C2H6/c17-10-5-6-13(15(20)9-10)16-12-4-2-1-3-11(12)14(18)7-8-19-16;1-4-5-6-7-8-9(2)3;2*1-2/h1-6,9,19-20H,7-8,18H2;9H,4-8H2,1-3H3;2*1-2H3. The summed E-state index contributed by atoms with van der Waals surface area (Å²) in [6.45, 7) is 15.6. The van der Waals surface area contributed by atoms with Crippen molar-refractivity contribution in [1.29, 1.82) is 0 Å². The van der Waals surface area contributed by atoms with E-state index >= 15 is 0 Å². The predicted octanol–water partition coefficient (Wildman–Crippen LogP) is 6.93. The molecule has 1 aliphatic heterocycles. The number of unbranched alkanes of at least 4 members (excludes halogenated alkanes) is 3. The molecule has 0 spiro atoms. The molecular weight excluding hydrogens is 428 g/mol. The van der Waals surface area contributed by atoms with Crippen molar-refractivity contribution in [2.75, 3.05) is 6.54 Å². The molecule has 4 N–H and O–H groups in total. The van der Waals surface area contributed by atoms with Gasteiger partial charge in [-0.3, -0.25) is 0 Å². The highest BCUT2D eigenvalue weighted by molar-refractivity contribution is 6.30. The molecule has 0 saturated carbocycles. The summed E-state index contributed by atoms with van der Waals surface area (Å²) >= 11 is 5.90. The molecule has 33 heavy (non-hydrogen) atoms. The van der Waals surface area contributed by atoms with Gasteiger partial charge in [-0.05, 0) is 24.1 Å². The number of phenolic OH excluding ortho intramolecular Hbond substituents is 1. The molecule has 0 saturated heterocycles. The fourth-order valence-corrected chi connectivity index (χ4v) is 3.64. The second-order valence-electron chi connectivity index (χ2n) is 8.03. The summed E-state index contributed by atoms with van der Waals surface area (Å²) < 4.78 is 0. The Morgan fingerprint density at radius 1 is 0.970 bits per heavy atom. The number of phenols is 1. The summed E-state index contributed by atoms with van der Waals surface area (Å²) in [5.74, 6) is 1.07. The third-order valence-corrected chi connectivity index (χ3v) is 5.34. The number of hydrogen-bond donors (Lipinski definition) is 3. The summed E-state index contributed by atoms with van der Waals surface area (Å²) in [4.78, 5) is 0. The first-order valence-electron chi connectivity index (χ1n) is 12.7. The lowest BCUT2D eigenvalue weighted by atomic mass is 10.1. The maximum absolute atomic E-state index is 10.1. The van der Waals surface area contributed by atoms with E-state index in [2.05, 4.69) is 26.1 Å². The van der Waals surface area contributed by atoms with E-state index in [-0.39, 0.29) is 5.75 Å². The number of fused-ring (bicyclic) bond motifs is 1. The molecule has 186 valence electrons. The van der Waals surface area contributed by atoms with Gasteiger partial charge in [0.2, 0.25) is 0 Å². The predicted molar refractivity (Wildman–Crippen MR) is 148 cm³/mol. The average Bonchev–Trinajstić information content (AvgIpc) is 2.99. The Balaban J connectivity index is 0.000000669. The molecule has 1 aliphatic rings. The van der Waals surface area contributed by atoms with Gasteiger partial charge in [-0.2, -0.15) is 0 Å². The van der Waals surface area contributed by atoms with Crippen molar-refractivity contribution in [3.8, 4) is 5.75 Å². The molecule has 3 rings (SSSR count). The normalized spacial score (nSPS) is 12.0. The van der Waals surface area contributed by atoms with Gasteiger partial charge < -0.3 is 16.2 Å². The van der Waals surface area contributed by atoms with Crippen LogP contribution in [0.25, 0.3) is 11.4 Å². The van der Waals surface area contributed by atoms with Gasteiger partial charge in [0.1, 0.15) is 5.75 Å². The minimum Gasteiger partial charge on any atom is -0.507 e. The minimum absolute atomic E-state index is 0.162. The number of hydrogen-bond acceptors (Lipinski definition) is 3. The van der Waals surface area contributed by atoms with Crippen molar-refractivity contribution >= 4 is 23.0 Å². The van der Waals surface area contributed by atoms with Crippen molar-refractivity contribution in [2.24, 2.45) is 11.7 Å². The maximum atomic E-state index is 10.1. The fraction of sp³-hybridized carbons (Fsp3) is 0.517. The smallest absolute Gasteiger partial charge is 0.126 e. The summed E-state index contributed by atoms with van der Waals surface area (Å²) in [5, 5.41) is 16.0. The van der Waals surface area contributed by atoms with Crippen molar-refractivity contribution in [3.05, 3.63) is 63.5 Å². The molecule has 4 heteroatoms. The lowest BCUT2D eigenvalue weighted by molar-refractivity contribution is 0.473. The van der Waals surface area contributed by atoms with Gasteiger partial charge in [0.25, 0.3) is 0 Å². The molecule has 3 nitrogen and oxygen atoms in total. The van der Waals surface area contributed by atoms with Crippen LogP contribution in [-0.4, -0.2) is 11.7 Å². The molecule has 0 fully saturated rings. The summed E-state index contributed by atoms with van der Waals surface area (Å²) in [6.07, 6.45) is 7.85. The SMILES string of the molecule is CC.CC.CCCCCCC(C)C.NC1=c2ccccc2=C(c2ccc(Cl)cc2O)NCC1. The van der Waals surface area contributed by atoms with Crippen molar-refractivity contribution in [3.63, 3.8) is 0 Å². The quantitative estimate of drug-likeness (QED) is 0.398. The molecule has 0 amide bonds. The Kier molecular flexibility index (Phi) is 17.1. The first-order valence-corrected chi connectivity index (χ1v) is 13.1. The molecule has 0 atom stereocenters. The van der Waals surface area contributed by atoms with Crippen LogP contribution in [-0.2, 0) is 0 Å². The Morgan fingerprint density at radius 3 is 2.18 bits per heavy atom. The second kappa shape index (κ2) is 18.3. The monoisotopic (exact) mass is 474 g/mol. The molecule has 2 aromatic carbocycles. The van der Waals surface area contributed by atoms with Gasteiger partial charge in [-0.1, -0.05) is 116 Å². The molecule has 2 aromatic rings. The molecule has 0 radical (unpaired) electrons. The first kappa shape index (κ1) is 30.9. The van der Waals surface area contributed by atoms with E-state index < -0.39 is 0 Å². The highest BCUT2D eigenvalue weighted by Crippen LogP contribution is 2.25. The molecule has 0 aromatic heterocycles. The third kappa shape index (κ3) is 11.0. The summed E-state index contributed by atoms with van der Waals surface area (Å²) in [6, 6.07) is 13.1. The lowest BCUT2D eigenvalue weighted by Crippen LogP contribution is -2.32. The Hall–Kier alpha value is -2.13. The first-order chi connectivity index (χ1) is 15.9. The van der Waals surface area contributed by atoms with Gasteiger partial charge in [0.15, 0.2) is 0 Å². The zero-order chi connectivity index (χ0) is 25.2. The van der Waals surface area contributed by atoms with Crippen LogP contribution < -0.4 is 21.5 Å². The molecular formula is C29H47ClN2O. The largest absolute Gasteiger partial charge is 0.507 e. The molecule has 0 bridgehead atoms. The van der Waals surface area contributed by atoms with Gasteiger partial charge in [-0.15, -0.1) is 0 Å². The van der Waals surface area contributed by atoms with Crippen molar-refractivity contribution < 1.29 is 5.11 Å². The number of benzene rings is 2. The zero-order valence-electron chi connectivity index (χ0n) is 22.0. The van der Waals surface area contributed by atoms with Crippen LogP contribution in [0.15, 0.2) is 42.5 Å². The van der Waals surface area contributed by atoms with Crippen LogP contribution >= 0.6 is 11.6 Å². The molecule has 0 aliphatic carbocycles. The number of aromatic hydroxyl groups is 1. The lowest BCUT2D eigenvalue weighted by Gasteiger charge is -2.11. The molecule has 1 heterocycles. The number of nitrogens with one attached hydrogen (secondary N) is 1. The summed E-state index contributed by atoms with van der Waals surface area (Å²) in [7, 11) is 0. The van der Waals surface area contributed by atoms with Crippen LogP contribution in [0.1, 0.15) is 92.6 Å². The van der Waals surface area contributed by atoms with Crippen molar-refractivity contribution in [2.45, 2.75) is 87.0 Å². The van der Waals surface area contributed by atoms with E-state index in [4.69, 9.17) is 17.3 Å². The van der Waals surface area contributed by atoms with E-state index in [1.807, 2.05) is 58.0 Å². The van der Waals surface area contributed by atoms with E-state index in [0.29, 0.717) is 5.02 Å². The third-order valence-electron chi connectivity index (χ3n) is 5.10. The average molecular weight is 475 g/mol. The highest BCUT2D eigenvalue weighted by Gasteiger charge is 2.12. The van der Waals surface area contributed by atoms with Gasteiger partial charge >= 0.3 is 0 Å². The minimum atomic E-state index is 0.162. The number of nitrogens with two attached hydrogens (primary N) is 1. The van der Waals surface area contributed by atoms with E-state index in [9.17, 15) is 5.11 Å². The van der Waals surface area contributed by atoms with Gasteiger partial charge in [0, 0.05) is 39.7 Å². The van der Waals surface area contributed by atoms with E-state index in [1.165, 1.54) is 32.1 Å². The Morgan fingerprint density at radius 2 is 1.61 bits per heavy atom. The topological polar surface area (TPSA) is 58.3 Å². The highest BCUT2D eigenvalue weighted by atomic mass is 35.5. The van der Waals surface area contributed by atoms with E-state index in [0.717, 1.165) is 46.3 Å². The van der Waals surface area contributed by atoms with E-state index in [1.54, 1.807) is 12.1 Å². The number of halogens is 1. The van der Waals surface area contributed by atoms with Gasteiger partial charge in [-0.25, -0.2) is 0 Å². The Bertz CT molecular complexity index is 906. The second-order valence-corrected chi connectivity index (χ2v) is 8.46. The van der Waals surface area contributed by atoms with Crippen LogP contribution in [0.2, 0.25) is 5.02 Å². The summed E-state index contributed by atoms with van der Waals surface area (Å²) in [5.41, 5.74) is 8.60. The van der Waals surface area contributed by atoms with Gasteiger partial charge in [0.05, 0.1) is 5.70 Å². The Labute approximate surface area is 207 Å². The zero-order valence-corrected chi connectivity index (χ0v) is 22.7. The number of rotatable bonds is 6. The van der Waals surface area contributed by atoms with Crippen LogP contribution in [0, 0.1) is 5.92 Å².